The molecule has 0 radical (unpaired) electrons. The summed E-state index contributed by atoms with van der Waals surface area (Å²) in [5.41, 5.74) is 0. The highest BCUT2D eigenvalue weighted by Crippen LogP contribution is 2.44. The number of phenolic OH excluding ortho intramolecular Hbond substituents is 1. The Morgan fingerprint density at radius 2 is 1.17 bits per heavy atom. The van der Waals surface area contributed by atoms with E-state index in [1.54, 1.807) is 36.4 Å². The number of fused-ring (bicyclic) bond motifs is 2. The van der Waals surface area contributed by atoms with Crippen LogP contribution in [0.3, 0.4) is 0 Å². The molecule has 0 spiro atoms. The molecular formula is C18H13O3S2+. The Kier molecular flexibility index (Phi) is 3.21. The van der Waals surface area contributed by atoms with Gasteiger partial charge in [0.05, 0.1) is 0 Å². The van der Waals surface area contributed by atoms with E-state index in [0.717, 1.165) is 14.7 Å². The summed E-state index contributed by atoms with van der Waals surface area (Å²) in [5.74, 6) is 0.198. The van der Waals surface area contributed by atoms with Crippen LogP contribution >= 0.6 is 0 Å². The Bertz CT molecular complexity index is 939. The van der Waals surface area contributed by atoms with Gasteiger partial charge in [-0.1, -0.05) is 24.3 Å². The van der Waals surface area contributed by atoms with Gasteiger partial charge in [0.25, 0.3) is 0 Å². The number of benzene rings is 3. The predicted octanol–water partition coefficient (Wildman–Crippen LogP) is 3.63. The van der Waals surface area contributed by atoms with Gasteiger partial charge in [0, 0.05) is 0 Å². The molecular weight excluding hydrogens is 328 g/mol. The zero-order chi connectivity index (χ0) is 16.0. The van der Waals surface area contributed by atoms with Gasteiger partial charge in [-0.05, 0) is 48.5 Å². The van der Waals surface area contributed by atoms with Crippen LogP contribution in [0.25, 0.3) is 0 Å². The molecule has 0 aliphatic carbocycles. The highest BCUT2D eigenvalue weighted by molar-refractivity contribution is 8.00. The SMILES string of the molecule is O=S1(=O)c2ccccc2[S+](c2ccc(O)cc2)c2ccccc21. The van der Waals surface area contributed by atoms with Crippen LogP contribution in [0, 0.1) is 0 Å². The molecule has 1 N–H and O–H groups in total. The van der Waals surface area contributed by atoms with E-state index in [-0.39, 0.29) is 5.75 Å². The van der Waals surface area contributed by atoms with Crippen LogP contribution in [0.2, 0.25) is 0 Å². The van der Waals surface area contributed by atoms with Crippen LogP contribution in [0.1, 0.15) is 0 Å². The minimum absolute atomic E-state index is 0.198. The van der Waals surface area contributed by atoms with Crippen LogP contribution in [0.4, 0.5) is 0 Å². The number of sulfone groups is 1. The first-order valence-corrected chi connectivity index (χ1v) is 9.76. The predicted molar refractivity (Wildman–Crippen MR) is 88.6 cm³/mol. The van der Waals surface area contributed by atoms with E-state index >= 15 is 0 Å². The quantitative estimate of drug-likeness (QED) is 0.538. The number of aromatic hydroxyl groups is 1. The van der Waals surface area contributed by atoms with Gasteiger partial charge in [0.2, 0.25) is 9.84 Å². The Morgan fingerprint density at radius 1 is 0.696 bits per heavy atom. The normalized spacial score (nSPS) is 15.7. The first-order chi connectivity index (χ1) is 11.1. The molecule has 3 aromatic carbocycles. The maximum absolute atomic E-state index is 12.9. The van der Waals surface area contributed by atoms with Crippen molar-refractivity contribution in [2.24, 2.45) is 0 Å². The summed E-state index contributed by atoms with van der Waals surface area (Å²) in [7, 11) is -4.00. The lowest BCUT2D eigenvalue weighted by atomic mass is 10.3. The van der Waals surface area contributed by atoms with Crippen molar-refractivity contribution < 1.29 is 13.5 Å². The van der Waals surface area contributed by atoms with Crippen LogP contribution in [0.5, 0.6) is 5.75 Å². The molecule has 0 atom stereocenters. The first kappa shape index (κ1) is 14.4. The molecule has 4 rings (SSSR count). The van der Waals surface area contributed by atoms with Crippen molar-refractivity contribution in [2.45, 2.75) is 24.5 Å². The monoisotopic (exact) mass is 341 g/mol. The van der Waals surface area contributed by atoms with Gasteiger partial charge in [-0.15, -0.1) is 0 Å². The van der Waals surface area contributed by atoms with Gasteiger partial charge < -0.3 is 5.11 Å². The average molecular weight is 341 g/mol. The minimum Gasteiger partial charge on any atom is -0.508 e. The fourth-order valence-corrected chi connectivity index (χ4v) is 7.45. The van der Waals surface area contributed by atoms with Gasteiger partial charge in [-0.25, -0.2) is 8.42 Å². The van der Waals surface area contributed by atoms with E-state index in [1.807, 2.05) is 36.4 Å². The third-order valence-corrected chi connectivity index (χ3v) is 8.25. The van der Waals surface area contributed by atoms with Crippen molar-refractivity contribution in [2.75, 3.05) is 0 Å². The van der Waals surface area contributed by atoms with Crippen molar-refractivity contribution in [3.63, 3.8) is 0 Å². The summed E-state index contributed by atoms with van der Waals surface area (Å²) in [4.78, 5) is 3.33. The van der Waals surface area contributed by atoms with E-state index in [2.05, 4.69) is 0 Å². The van der Waals surface area contributed by atoms with Crippen molar-refractivity contribution in [1.29, 1.82) is 0 Å². The van der Waals surface area contributed by atoms with Gasteiger partial charge >= 0.3 is 0 Å². The third kappa shape index (κ3) is 2.16. The number of rotatable bonds is 1. The summed E-state index contributed by atoms with van der Waals surface area (Å²) in [5, 5.41) is 9.54. The lowest BCUT2D eigenvalue weighted by Crippen LogP contribution is -2.20. The van der Waals surface area contributed by atoms with E-state index < -0.39 is 20.7 Å². The molecule has 3 aromatic rings. The Hall–Kier alpha value is -2.24. The largest absolute Gasteiger partial charge is 0.508 e. The molecule has 0 fully saturated rings. The molecule has 0 unspecified atom stereocenters. The van der Waals surface area contributed by atoms with Crippen molar-refractivity contribution in [3.05, 3.63) is 72.8 Å². The summed E-state index contributed by atoms with van der Waals surface area (Å²) in [6.07, 6.45) is 0. The van der Waals surface area contributed by atoms with E-state index in [4.69, 9.17) is 0 Å². The second kappa shape index (κ2) is 5.15. The van der Waals surface area contributed by atoms with E-state index in [1.165, 1.54) is 0 Å². The van der Waals surface area contributed by atoms with Crippen molar-refractivity contribution in [3.8, 4) is 5.75 Å². The molecule has 0 aromatic heterocycles. The average Bonchev–Trinajstić information content (AvgIpc) is 2.57. The summed E-state index contributed by atoms with van der Waals surface area (Å²) < 4.78 is 25.8. The maximum atomic E-state index is 12.9. The van der Waals surface area contributed by atoms with Gasteiger partial charge in [-0.3, -0.25) is 0 Å². The van der Waals surface area contributed by atoms with E-state index in [0.29, 0.717) is 9.79 Å². The number of hydrogen-bond donors (Lipinski definition) is 1. The van der Waals surface area contributed by atoms with E-state index in [9.17, 15) is 13.5 Å². The highest BCUT2D eigenvalue weighted by Gasteiger charge is 2.44. The molecule has 0 amide bonds. The van der Waals surface area contributed by atoms with Crippen LogP contribution in [0.15, 0.2) is 97.3 Å². The Morgan fingerprint density at radius 3 is 1.70 bits per heavy atom. The molecule has 114 valence electrons. The molecule has 1 aliphatic rings. The maximum Gasteiger partial charge on any atom is 0.216 e. The molecule has 3 nitrogen and oxygen atoms in total. The molecule has 0 bridgehead atoms. The standard InChI is InChI=1S/C18H12O3S2/c19-13-9-11-14(12-10-13)22-15-5-1-3-7-17(15)23(20,21)18-8-4-2-6-16(18)22/h1-12H/p+1. The molecule has 5 heteroatoms. The minimum atomic E-state index is -3.49. The van der Waals surface area contributed by atoms with Gasteiger partial charge in [-0.2, -0.15) is 0 Å². The topological polar surface area (TPSA) is 54.4 Å². The van der Waals surface area contributed by atoms with Gasteiger partial charge in [0.1, 0.15) is 26.4 Å². The fraction of sp³-hybridized carbons (Fsp3) is 0. The lowest BCUT2D eigenvalue weighted by molar-refractivity contribution is 0.475. The summed E-state index contributed by atoms with van der Waals surface area (Å²) in [6.45, 7) is 0. The second-order valence-corrected chi connectivity index (χ2v) is 9.05. The summed E-state index contributed by atoms with van der Waals surface area (Å²) >= 11 is 0. The molecule has 1 aliphatic heterocycles. The Labute approximate surface area is 137 Å². The van der Waals surface area contributed by atoms with Crippen molar-refractivity contribution >= 4 is 20.7 Å². The second-order valence-electron chi connectivity index (χ2n) is 5.20. The number of phenols is 1. The molecule has 1 heterocycles. The van der Waals surface area contributed by atoms with Crippen LogP contribution in [-0.2, 0) is 20.7 Å². The van der Waals surface area contributed by atoms with Crippen molar-refractivity contribution in [1.82, 2.24) is 0 Å². The third-order valence-electron chi connectivity index (χ3n) is 3.79. The molecule has 0 saturated heterocycles. The first-order valence-electron chi connectivity index (χ1n) is 7.05. The lowest BCUT2D eigenvalue weighted by Gasteiger charge is -2.19. The highest BCUT2D eigenvalue weighted by atomic mass is 32.2. The summed E-state index contributed by atoms with van der Waals surface area (Å²) in [6, 6.07) is 21.3. The zero-order valence-electron chi connectivity index (χ0n) is 12.0. The number of hydrogen-bond acceptors (Lipinski definition) is 3. The Balaban J connectivity index is 2.06. The van der Waals surface area contributed by atoms with Crippen LogP contribution in [-0.4, -0.2) is 13.5 Å². The van der Waals surface area contributed by atoms with Gasteiger partial charge in [0.15, 0.2) is 14.7 Å². The smallest absolute Gasteiger partial charge is 0.216 e. The fourth-order valence-electron chi connectivity index (χ4n) is 2.75. The molecule has 0 saturated carbocycles. The zero-order valence-corrected chi connectivity index (χ0v) is 13.6. The molecule has 23 heavy (non-hydrogen) atoms. The van der Waals surface area contributed by atoms with Crippen LogP contribution < -0.4 is 0 Å².